The van der Waals surface area contributed by atoms with E-state index in [4.69, 9.17) is 15.2 Å². The fraction of sp³-hybridized carbons (Fsp3) is 0.611. The van der Waals surface area contributed by atoms with Gasteiger partial charge in [-0.3, -0.25) is 4.99 Å². The van der Waals surface area contributed by atoms with Crippen LogP contribution in [0, 0.1) is 5.41 Å². The van der Waals surface area contributed by atoms with Gasteiger partial charge in [-0.15, -0.1) is 0 Å². The second-order valence-corrected chi connectivity index (χ2v) is 7.31. The first kappa shape index (κ1) is 16.9. The smallest absolute Gasteiger partial charge is 0.193 e. The van der Waals surface area contributed by atoms with E-state index in [9.17, 15) is 5.11 Å². The molecule has 1 aromatic carbocycles. The third kappa shape index (κ3) is 3.43. The summed E-state index contributed by atoms with van der Waals surface area (Å²) in [6.45, 7) is 5.79. The molecule has 1 fully saturated rings. The van der Waals surface area contributed by atoms with Crippen molar-refractivity contribution in [3.8, 4) is 11.5 Å². The summed E-state index contributed by atoms with van der Waals surface area (Å²) in [6.07, 6.45) is 3.67. The van der Waals surface area contributed by atoms with Crippen molar-refractivity contribution in [3.05, 3.63) is 18.2 Å². The van der Waals surface area contributed by atoms with Gasteiger partial charge in [-0.1, -0.05) is 13.8 Å². The predicted octanol–water partition coefficient (Wildman–Crippen LogP) is 2.52. The average molecular weight is 333 g/mol. The minimum absolute atomic E-state index is 0.133. The number of fused-ring (bicyclic) bond motifs is 1. The minimum atomic E-state index is -0.788. The lowest BCUT2D eigenvalue weighted by molar-refractivity contribution is -0.0334. The third-order valence-electron chi connectivity index (χ3n) is 5.18. The van der Waals surface area contributed by atoms with Crippen molar-refractivity contribution in [2.45, 2.75) is 45.1 Å². The van der Waals surface area contributed by atoms with E-state index >= 15 is 0 Å². The van der Waals surface area contributed by atoms with Gasteiger partial charge in [0.05, 0.1) is 25.4 Å². The Morgan fingerprint density at radius 1 is 1.21 bits per heavy atom. The number of nitrogens with zero attached hydrogens (tertiary/aromatic N) is 1. The summed E-state index contributed by atoms with van der Waals surface area (Å²) in [5.41, 5.74) is 5.86. The molecule has 6 heteroatoms. The fourth-order valence-electron chi connectivity index (χ4n) is 3.33. The molecule has 0 amide bonds. The number of nitrogens with two attached hydrogens (primary N) is 1. The van der Waals surface area contributed by atoms with Crippen LogP contribution >= 0.6 is 0 Å². The van der Waals surface area contributed by atoms with Crippen LogP contribution in [0.15, 0.2) is 23.2 Å². The quantitative estimate of drug-likeness (QED) is 0.584. The monoisotopic (exact) mass is 333 g/mol. The number of aliphatic hydroxyl groups is 1. The van der Waals surface area contributed by atoms with Crippen LogP contribution in [0.2, 0.25) is 0 Å². The fourth-order valence-corrected chi connectivity index (χ4v) is 3.33. The lowest BCUT2D eigenvalue weighted by atomic mass is 9.78. The Balaban J connectivity index is 1.66. The van der Waals surface area contributed by atoms with E-state index in [0.717, 1.165) is 37.1 Å². The van der Waals surface area contributed by atoms with E-state index in [1.165, 1.54) is 0 Å². The maximum atomic E-state index is 10.8. The van der Waals surface area contributed by atoms with Gasteiger partial charge >= 0.3 is 0 Å². The number of hydrogen-bond acceptors (Lipinski definition) is 4. The zero-order valence-electron chi connectivity index (χ0n) is 14.5. The van der Waals surface area contributed by atoms with E-state index in [0.29, 0.717) is 31.5 Å². The summed E-state index contributed by atoms with van der Waals surface area (Å²) in [4.78, 5) is 4.36. The predicted molar refractivity (Wildman–Crippen MR) is 94.7 cm³/mol. The Morgan fingerprint density at radius 2 is 1.96 bits per heavy atom. The molecule has 0 bridgehead atoms. The van der Waals surface area contributed by atoms with Crippen molar-refractivity contribution in [2.24, 2.45) is 16.1 Å². The highest BCUT2D eigenvalue weighted by Crippen LogP contribution is 2.46. The number of anilines is 1. The molecule has 132 valence electrons. The summed E-state index contributed by atoms with van der Waals surface area (Å²) in [5.74, 6) is 1.75. The highest BCUT2D eigenvalue weighted by Gasteiger charge is 2.47. The molecule has 0 spiro atoms. The molecule has 1 aliphatic carbocycles. The largest absolute Gasteiger partial charge is 0.490 e. The lowest BCUT2D eigenvalue weighted by Crippen LogP contribution is -2.43. The molecule has 1 aliphatic heterocycles. The Bertz CT molecular complexity index is 630. The van der Waals surface area contributed by atoms with Crippen molar-refractivity contribution in [1.82, 2.24) is 0 Å². The molecule has 1 unspecified atom stereocenters. The summed E-state index contributed by atoms with van der Waals surface area (Å²) in [5, 5.41) is 13.9. The minimum Gasteiger partial charge on any atom is -0.490 e. The first-order valence-corrected chi connectivity index (χ1v) is 8.59. The van der Waals surface area contributed by atoms with E-state index < -0.39 is 5.60 Å². The molecular formula is C18H27N3O3. The molecule has 1 aromatic rings. The molecule has 0 aromatic heterocycles. The first-order chi connectivity index (χ1) is 11.4. The first-order valence-electron chi connectivity index (χ1n) is 8.59. The van der Waals surface area contributed by atoms with Gasteiger partial charge in [-0.25, -0.2) is 0 Å². The number of nitrogens with one attached hydrogen (secondary N) is 1. The maximum absolute atomic E-state index is 10.8. The van der Waals surface area contributed by atoms with Crippen molar-refractivity contribution >= 4 is 11.6 Å². The van der Waals surface area contributed by atoms with Crippen LogP contribution in [0.4, 0.5) is 5.69 Å². The average Bonchev–Trinajstić information content (AvgIpc) is 2.71. The van der Waals surface area contributed by atoms with Gasteiger partial charge in [0, 0.05) is 18.2 Å². The van der Waals surface area contributed by atoms with Crippen LogP contribution in [0.25, 0.3) is 0 Å². The van der Waals surface area contributed by atoms with Gasteiger partial charge in [0.25, 0.3) is 0 Å². The standard InChI is InChI=1S/C18H27N3O3/c1-17(2)7-3-8-18(17,22)12-20-16(19)21-13-5-6-14-15(11-13)24-10-4-9-23-14/h5-6,11,22H,3-4,7-10,12H2,1-2H3,(H3,19,20,21). The molecule has 3 rings (SSSR count). The van der Waals surface area contributed by atoms with Crippen LogP contribution in [0.5, 0.6) is 11.5 Å². The Hall–Kier alpha value is -1.95. The van der Waals surface area contributed by atoms with Crippen molar-refractivity contribution in [1.29, 1.82) is 0 Å². The molecule has 6 nitrogen and oxygen atoms in total. The van der Waals surface area contributed by atoms with Crippen LogP contribution in [0.1, 0.15) is 39.5 Å². The molecule has 0 radical (unpaired) electrons. The lowest BCUT2D eigenvalue weighted by Gasteiger charge is -2.35. The normalized spacial score (nSPS) is 26.0. The molecule has 1 atom stereocenters. The van der Waals surface area contributed by atoms with Crippen LogP contribution in [-0.2, 0) is 0 Å². The van der Waals surface area contributed by atoms with Gasteiger partial charge in [-0.05, 0) is 36.8 Å². The highest BCUT2D eigenvalue weighted by molar-refractivity contribution is 5.92. The number of guanidine groups is 1. The maximum Gasteiger partial charge on any atom is 0.193 e. The molecule has 0 saturated heterocycles. The van der Waals surface area contributed by atoms with Gasteiger partial charge in [0.15, 0.2) is 17.5 Å². The van der Waals surface area contributed by atoms with E-state index in [1.807, 2.05) is 18.2 Å². The third-order valence-corrected chi connectivity index (χ3v) is 5.18. The zero-order valence-corrected chi connectivity index (χ0v) is 14.5. The van der Waals surface area contributed by atoms with Crippen LogP contribution in [0.3, 0.4) is 0 Å². The molecule has 4 N–H and O–H groups in total. The van der Waals surface area contributed by atoms with Gasteiger partial charge in [0.1, 0.15) is 0 Å². The van der Waals surface area contributed by atoms with Crippen molar-refractivity contribution < 1.29 is 14.6 Å². The summed E-state index contributed by atoms with van der Waals surface area (Å²) in [6, 6.07) is 5.60. The Labute approximate surface area is 143 Å². The molecular weight excluding hydrogens is 306 g/mol. The van der Waals surface area contributed by atoms with E-state index in [2.05, 4.69) is 24.2 Å². The number of aliphatic imine (C=N–C) groups is 1. The topological polar surface area (TPSA) is 89.1 Å². The SMILES string of the molecule is CC1(C)CCCC1(O)CN=C(N)Nc1ccc2c(c1)OCCCO2. The van der Waals surface area contributed by atoms with E-state index in [1.54, 1.807) is 0 Å². The van der Waals surface area contributed by atoms with Crippen LogP contribution < -0.4 is 20.5 Å². The summed E-state index contributed by atoms with van der Waals surface area (Å²) in [7, 11) is 0. The van der Waals surface area contributed by atoms with Crippen LogP contribution in [-0.4, -0.2) is 36.4 Å². The zero-order chi connectivity index (χ0) is 17.2. The number of hydrogen-bond donors (Lipinski definition) is 3. The molecule has 2 aliphatic rings. The number of rotatable bonds is 3. The van der Waals surface area contributed by atoms with Gasteiger partial charge < -0.3 is 25.6 Å². The summed E-state index contributed by atoms with van der Waals surface area (Å²) >= 11 is 0. The van der Waals surface area contributed by atoms with Gasteiger partial charge in [0.2, 0.25) is 0 Å². The number of ether oxygens (including phenoxy) is 2. The second kappa shape index (κ2) is 6.51. The van der Waals surface area contributed by atoms with Crippen molar-refractivity contribution in [3.63, 3.8) is 0 Å². The molecule has 1 saturated carbocycles. The van der Waals surface area contributed by atoms with Crippen molar-refractivity contribution in [2.75, 3.05) is 25.1 Å². The second-order valence-electron chi connectivity index (χ2n) is 7.31. The number of benzene rings is 1. The van der Waals surface area contributed by atoms with E-state index in [-0.39, 0.29) is 5.41 Å². The Morgan fingerprint density at radius 3 is 2.67 bits per heavy atom. The Kier molecular flexibility index (Phi) is 4.58. The molecule has 1 heterocycles. The highest BCUT2D eigenvalue weighted by atomic mass is 16.5. The molecule has 24 heavy (non-hydrogen) atoms. The summed E-state index contributed by atoms with van der Waals surface area (Å²) < 4.78 is 11.3. The van der Waals surface area contributed by atoms with Gasteiger partial charge in [-0.2, -0.15) is 0 Å².